The zero-order valence-corrected chi connectivity index (χ0v) is 11.8. The highest BCUT2D eigenvalue weighted by Crippen LogP contribution is 2.07. The van der Waals surface area contributed by atoms with Gasteiger partial charge >= 0.3 is 11.7 Å². The van der Waals surface area contributed by atoms with Gasteiger partial charge in [-0.25, -0.2) is 9.59 Å². The quantitative estimate of drug-likeness (QED) is 0.735. The maximum Gasteiger partial charge on any atom is 0.365 e. The first-order chi connectivity index (χ1) is 8.55. The molecule has 0 aliphatic heterocycles. The molecule has 1 aromatic heterocycles. The topological polar surface area (TPSA) is 70.3 Å². The summed E-state index contributed by atoms with van der Waals surface area (Å²) in [5.74, 6) is -0.718. The molecule has 0 N–H and O–H groups in total. The van der Waals surface area contributed by atoms with Crippen LogP contribution in [0.25, 0.3) is 0 Å². The van der Waals surface area contributed by atoms with Crippen LogP contribution in [0.5, 0.6) is 0 Å². The van der Waals surface area contributed by atoms with Crippen molar-refractivity contribution in [3.05, 3.63) is 44.8 Å². The molecule has 0 aliphatic carbocycles. The van der Waals surface area contributed by atoms with Gasteiger partial charge in [0, 0.05) is 17.2 Å². The van der Waals surface area contributed by atoms with Crippen LogP contribution in [0.2, 0.25) is 0 Å². The summed E-state index contributed by atoms with van der Waals surface area (Å²) < 4.78 is 1.84. The summed E-state index contributed by atoms with van der Waals surface area (Å²) >= 11 is 0. The monoisotopic (exact) mass is 266 g/mol. The number of nitrogens with zero attached hydrogens (tertiary/aromatic N) is 2. The Kier molecular flexibility index (Phi) is 3.83. The molecule has 0 saturated heterocycles. The molecule has 104 valence electrons. The molecule has 6 heteroatoms. The summed E-state index contributed by atoms with van der Waals surface area (Å²) in [6.45, 7) is 11.6. The van der Waals surface area contributed by atoms with Crippen LogP contribution in [0.1, 0.15) is 33.4 Å². The van der Waals surface area contributed by atoms with Crippen molar-refractivity contribution < 1.29 is 9.63 Å². The van der Waals surface area contributed by atoms with Crippen LogP contribution in [0.15, 0.2) is 27.8 Å². The van der Waals surface area contributed by atoms with Crippen LogP contribution in [0, 0.1) is 6.92 Å². The standard InChI is InChI=1S/C13H18N2O4/c1-8(2)11(17)19-15-9(3)7-10(16)14(12(15)18)13(4,5)6/h7H,1H2,2-6H3. The second-order valence-electron chi connectivity index (χ2n) is 5.37. The predicted octanol–water partition coefficient (Wildman–Crippen LogP) is 0.605. The van der Waals surface area contributed by atoms with E-state index in [1.165, 1.54) is 19.9 Å². The van der Waals surface area contributed by atoms with Gasteiger partial charge in [-0.1, -0.05) is 6.58 Å². The van der Waals surface area contributed by atoms with Crippen LogP contribution >= 0.6 is 0 Å². The van der Waals surface area contributed by atoms with Crippen molar-refractivity contribution in [3.8, 4) is 0 Å². The lowest BCUT2D eigenvalue weighted by Gasteiger charge is -2.22. The lowest BCUT2D eigenvalue weighted by Crippen LogP contribution is -2.50. The summed E-state index contributed by atoms with van der Waals surface area (Å²) in [5.41, 5.74) is -1.41. The average Bonchev–Trinajstić information content (AvgIpc) is 2.20. The van der Waals surface area contributed by atoms with Crippen molar-refractivity contribution in [2.45, 2.75) is 40.2 Å². The highest BCUT2D eigenvalue weighted by Gasteiger charge is 2.22. The van der Waals surface area contributed by atoms with Crippen LogP contribution in [0.4, 0.5) is 0 Å². The van der Waals surface area contributed by atoms with E-state index in [-0.39, 0.29) is 11.3 Å². The molecule has 0 aromatic carbocycles. The van der Waals surface area contributed by atoms with Crippen LogP contribution < -0.4 is 16.1 Å². The Labute approximate surface area is 110 Å². The third-order valence-electron chi connectivity index (χ3n) is 2.43. The number of hydrogen-bond acceptors (Lipinski definition) is 4. The first-order valence-corrected chi connectivity index (χ1v) is 5.80. The van der Waals surface area contributed by atoms with Gasteiger partial charge in [0.2, 0.25) is 0 Å². The molecule has 6 nitrogen and oxygen atoms in total. The van der Waals surface area contributed by atoms with E-state index in [1.54, 1.807) is 20.8 Å². The lowest BCUT2D eigenvalue weighted by atomic mass is 10.1. The van der Waals surface area contributed by atoms with Crippen LogP contribution in [-0.2, 0) is 10.3 Å². The molecule has 0 amide bonds. The largest absolute Gasteiger partial charge is 0.365 e. The van der Waals surface area contributed by atoms with E-state index >= 15 is 0 Å². The maximum absolute atomic E-state index is 12.2. The van der Waals surface area contributed by atoms with Gasteiger partial charge in [0.25, 0.3) is 5.56 Å². The van der Waals surface area contributed by atoms with Crippen LogP contribution in [-0.4, -0.2) is 15.3 Å². The SMILES string of the molecule is C=C(C)C(=O)On1c(C)cc(=O)n(C(C)(C)C)c1=O. The van der Waals surface area contributed by atoms with Crippen LogP contribution in [0.3, 0.4) is 0 Å². The summed E-state index contributed by atoms with van der Waals surface area (Å²) in [7, 11) is 0. The molecule has 1 aromatic rings. The predicted molar refractivity (Wildman–Crippen MR) is 71.1 cm³/mol. The minimum atomic E-state index is -0.718. The highest BCUT2D eigenvalue weighted by atomic mass is 16.7. The van der Waals surface area contributed by atoms with Crippen molar-refractivity contribution >= 4 is 5.97 Å². The van der Waals surface area contributed by atoms with Gasteiger partial charge in [0.1, 0.15) is 0 Å². The van der Waals surface area contributed by atoms with Crippen molar-refractivity contribution in [2.24, 2.45) is 0 Å². The number of rotatable bonds is 2. The smallest absolute Gasteiger partial charge is 0.327 e. The van der Waals surface area contributed by atoms with Crippen molar-refractivity contribution in [2.75, 3.05) is 0 Å². The molecule has 0 aliphatic rings. The number of aromatic nitrogens is 2. The minimum Gasteiger partial charge on any atom is -0.327 e. The number of hydrogen-bond donors (Lipinski definition) is 0. The van der Waals surface area contributed by atoms with Gasteiger partial charge in [0.05, 0.1) is 5.69 Å². The van der Waals surface area contributed by atoms with Crippen molar-refractivity contribution in [1.29, 1.82) is 0 Å². The number of carbonyl (C=O) groups is 1. The zero-order valence-electron chi connectivity index (χ0n) is 11.8. The second kappa shape index (κ2) is 4.87. The summed E-state index contributed by atoms with van der Waals surface area (Å²) in [4.78, 5) is 40.5. The molecule has 1 heterocycles. The summed E-state index contributed by atoms with van der Waals surface area (Å²) in [6.07, 6.45) is 0. The molecular weight excluding hydrogens is 248 g/mol. The van der Waals surface area contributed by atoms with Gasteiger partial charge in [-0.3, -0.25) is 9.36 Å². The Hall–Kier alpha value is -2.11. The van der Waals surface area contributed by atoms with Gasteiger partial charge < -0.3 is 4.84 Å². The van der Waals surface area contributed by atoms with E-state index in [4.69, 9.17) is 4.84 Å². The summed E-state index contributed by atoms with van der Waals surface area (Å²) in [6, 6.07) is 1.25. The first-order valence-electron chi connectivity index (χ1n) is 5.80. The zero-order chi connectivity index (χ0) is 15.0. The first kappa shape index (κ1) is 14.9. The highest BCUT2D eigenvalue weighted by molar-refractivity contribution is 5.87. The van der Waals surface area contributed by atoms with E-state index in [0.717, 1.165) is 9.30 Å². The van der Waals surface area contributed by atoms with Gasteiger partial charge in [0.15, 0.2) is 0 Å². The molecule has 0 atom stereocenters. The Bertz CT molecular complexity index is 644. The Morgan fingerprint density at radius 1 is 1.32 bits per heavy atom. The average molecular weight is 266 g/mol. The van der Waals surface area contributed by atoms with E-state index in [0.29, 0.717) is 0 Å². The van der Waals surface area contributed by atoms with Gasteiger partial charge in [-0.2, -0.15) is 0 Å². The summed E-state index contributed by atoms with van der Waals surface area (Å²) in [5, 5.41) is 0. The Balaban J connectivity index is 3.51. The molecule has 0 fully saturated rings. The van der Waals surface area contributed by atoms with Crippen molar-refractivity contribution in [3.63, 3.8) is 0 Å². The molecule has 0 radical (unpaired) electrons. The Morgan fingerprint density at radius 3 is 2.26 bits per heavy atom. The van der Waals surface area contributed by atoms with E-state index < -0.39 is 22.8 Å². The fraction of sp³-hybridized carbons (Fsp3) is 0.462. The Morgan fingerprint density at radius 2 is 1.84 bits per heavy atom. The molecule has 19 heavy (non-hydrogen) atoms. The molecular formula is C13H18N2O4. The number of aryl methyl sites for hydroxylation is 1. The molecule has 1 rings (SSSR count). The molecule has 0 bridgehead atoms. The lowest BCUT2D eigenvalue weighted by molar-refractivity contribution is -0.140. The third kappa shape index (κ3) is 3.01. The number of carbonyl (C=O) groups excluding carboxylic acids is 1. The third-order valence-corrected chi connectivity index (χ3v) is 2.43. The van der Waals surface area contributed by atoms with Crippen molar-refractivity contribution in [1.82, 2.24) is 9.30 Å². The fourth-order valence-corrected chi connectivity index (χ4v) is 1.53. The normalized spacial score (nSPS) is 11.2. The molecule has 0 saturated carbocycles. The van der Waals surface area contributed by atoms with Gasteiger partial charge in [-0.15, -0.1) is 4.73 Å². The maximum atomic E-state index is 12.2. The van der Waals surface area contributed by atoms with E-state index in [2.05, 4.69) is 6.58 Å². The fourth-order valence-electron chi connectivity index (χ4n) is 1.53. The van der Waals surface area contributed by atoms with E-state index in [9.17, 15) is 14.4 Å². The van der Waals surface area contributed by atoms with E-state index in [1.807, 2.05) is 0 Å². The molecule has 0 spiro atoms. The minimum absolute atomic E-state index is 0.166. The second-order valence-corrected chi connectivity index (χ2v) is 5.37. The van der Waals surface area contributed by atoms with Gasteiger partial charge in [-0.05, 0) is 34.6 Å². The molecule has 0 unspecified atom stereocenters.